The van der Waals surface area contributed by atoms with Gasteiger partial charge in [0.1, 0.15) is 0 Å². The molecule has 0 aromatic heterocycles. The maximum Gasteiger partial charge on any atom is 0.0682 e. The topological polar surface area (TPSA) is 35.5 Å². The summed E-state index contributed by atoms with van der Waals surface area (Å²) in [4.78, 5) is 2.46. The second kappa shape index (κ2) is 6.64. The van der Waals surface area contributed by atoms with Gasteiger partial charge in [-0.05, 0) is 42.2 Å². The molecule has 1 aliphatic heterocycles. The SMILES string of the molecule is OCc1cccc(NCCN2CCCc3ccccc32)c1. The molecule has 3 nitrogen and oxygen atoms in total. The lowest BCUT2D eigenvalue weighted by atomic mass is 10.0. The molecule has 0 unspecified atom stereocenters. The highest BCUT2D eigenvalue weighted by atomic mass is 16.3. The normalized spacial score (nSPS) is 13.9. The van der Waals surface area contributed by atoms with Gasteiger partial charge in [-0.25, -0.2) is 0 Å². The van der Waals surface area contributed by atoms with Gasteiger partial charge in [0.2, 0.25) is 0 Å². The summed E-state index contributed by atoms with van der Waals surface area (Å²) in [5.74, 6) is 0. The number of fused-ring (bicyclic) bond motifs is 1. The second-order valence-corrected chi connectivity index (χ2v) is 5.50. The smallest absolute Gasteiger partial charge is 0.0682 e. The van der Waals surface area contributed by atoms with Gasteiger partial charge in [0.15, 0.2) is 0 Å². The van der Waals surface area contributed by atoms with Crippen LogP contribution in [-0.2, 0) is 13.0 Å². The maximum atomic E-state index is 9.16. The number of para-hydroxylation sites is 1. The first-order chi connectivity index (χ1) is 10.4. The summed E-state index contributed by atoms with van der Waals surface area (Å²) in [5, 5.41) is 12.6. The Morgan fingerprint density at radius 1 is 1.10 bits per heavy atom. The summed E-state index contributed by atoms with van der Waals surface area (Å²) in [6.45, 7) is 3.13. The second-order valence-electron chi connectivity index (χ2n) is 5.50. The summed E-state index contributed by atoms with van der Waals surface area (Å²) in [5.41, 5.74) is 4.87. The molecule has 0 aliphatic carbocycles. The van der Waals surface area contributed by atoms with Crippen LogP contribution in [0.25, 0.3) is 0 Å². The number of rotatable bonds is 5. The molecule has 0 spiro atoms. The summed E-state index contributed by atoms with van der Waals surface area (Å²) < 4.78 is 0. The molecule has 110 valence electrons. The van der Waals surface area contributed by atoms with E-state index in [1.807, 2.05) is 24.3 Å². The van der Waals surface area contributed by atoms with Crippen LogP contribution in [0, 0.1) is 0 Å². The predicted octanol–water partition coefficient (Wildman–Crippen LogP) is 3.04. The predicted molar refractivity (Wildman–Crippen MR) is 87.8 cm³/mol. The van der Waals surface area contributed by atoms with Crippen LogP contribution in [0.4, 0.5) is 11.4 Å². The number of nitrogens with zero attached hydrogens (tertiary/aromatic N) is 1. The highest BCUT2D eigenvalue weighted by Gasteiger charge is 2.15. The summed E-state index contributed by atoms with van der Waals surface area (Å²) in [6, 6.07) is 16.7. The minimum Gasteiger partial charge on any atom is -0.392 e. The standard InChI is InChI=1S/C18H22N2O/c21-14-15-5-3-8-17(13-15)19-10-12-20-11-4-7-16-6-1-2-9-18(16)20/h1-3,5-6,8-9,13,19,21H,4,7,10-12,14H2. The van der Waals surface area contributed by atoms with Gasteiger partial charge in [-0.15, -0.1) is 0 Å². The molecule has 21 heavy (non-hydrogen) atoms. The third-order valence-corrected chi connectivity index (χ3v) is 4.03. The van der Waals surface area contributed by atoms with E-state index in [0.717, 1.165) is 30.9 Å². The van der Waals surface area contributed by atoms with E-state index in [2.05, 4.69) is 34.5 Å². The Morgan fingerprint density at radius 3 is 2.90 bits per heavy atom. The minimum absolute atomic E-state index is 0.0923. The van der Waals surface area contributed by atoms with E-state index < -0.39 is 0 Å². The van der Waals surface area contributed by atoms with E-state index in [4.69, 9.17) is 5.11 Å². The van der Waals surface area contributed by atoms with Crippen LogP contribution in [-0.4, -0.2) is 24.7 Å². The van der Waals surface area contributed by atoms with Gasteiger partial charge in [0, 0.05) is 31.0 Å². The first-order valence-electron chi connectivity index (χ1n) is 7.63. The van der Waals surface area contributed by atoms with Crippen LogP contribution in [0.2, 0.25) is 0 Å². The minimum atomic E-state index is 0.0923. The van der Waals surface area contributed by atoms with Crippen molar-refractivity contribution in [2.24, 2.45) is 0 Å². The molecule has 0 bridgehead atoms. The lowest BCUT2D eigenvalue weighted by Gasteiger charge is -2.31. The third-order valence-electron chi connectivity index (χ3n) is 4.03. The molecular formula is C18H22N2O. The molecule has 2 N–H and O–H groups in total. The summed E-state index contributed by atoms with van der Waals surface area (Å²) in [6.07, 6.45) is 2.43. The van der Waals surface area contributed by atoms with Gasteiger partial charge < -0.3 is 15.3 Å². The molecule has 1 aliphatic rings. The Labute approximate surface area is 126 Å². The number of benzene rings is 2. The quantitative estimate of drug-likeness (QED) is 0.885. The molecule has 1 heterocycles. The number of hydrogen-bond acceptors (Lipinski definition) is 3. The van der Waals surface area contributed by atoms with Gasteiger partial charge in [0.25, 0.3) is 0 Å². The zero-order valence-electron chi connectivity index (χ0n) is 12.3. The van der Waals surface area contributed by atoms with E-state index >= 15 is 0 Å². The number of aryl methyl sites for hydroxylation is 1. The zero-order valence-corrected chi connectivity index (χ0v) is 12.3. The van der Waals surface area contributed by atoms with Gasteiger partial charge in [-0.1, -0.05) is 30.3 Å². The van der Waals surface area contributed by atoms with E-state index in [-0.39, 0.29) is 6.61 Å². The fraction of sp³-hybridized carbons (Fsp3) is 0.333. The van der Waals surface area contributed by atoms with Crippen LogP contribution in [0.1, 0.15) is 17.5 Å². The van der Waals surface area contributed by atoms with Crippen molar-refractivity contribution in [2.45, 2.75) is 19.4 Å². The van der Waals surface area contributed by atoms with Gasteiger partial charge >= 0.3 is 0 Å². The van der Waals surface area contributed by atoms with Crippen molar-refractivity contribution in [3.63, 3.8) is 0 Å². The lowest BCUT2D eigenvalue weighted by Crippen LogP contribution is -2.33. The molecule has 0 fully saturated rings. The molecule has 2 aromatic carbocycles. The average Bonchev–Trinajstić information content (AvgIpc) is 2.55. The Hall–Kier alpha value is -2.00. The van der Waals surface area contributed by atoms with Crippen molar-refractivity contribution >= 4 is 11.4 Å². The Kier molecular flexibility index (Phi) is 4.41. The van der Waals surface area contributed by atoms with E-state index in [9.17, 15) is 0 Å². The Bertz CT molecular complexity index is 597. The van der Waals surface area contributed by atoms with E-state index in [1.165, 1.54) is 24.1 Å². The van der Waals surface area contributed by atoms with E-state index in [0.29, 0.717) is 0 Å². The Balaban J connectivity index is 1.59. The maximum absolute atomic E-state index is 9.16. The van der Waals surface area contributed by atoms with Crippen molar-refractivity contribution in [3.8, 4) is 0 Å². The van der Waals surface area contributed by atoms with Crippen LogP contribution in [0.5, 0.6) is 0 Å². The number of anilines is 2. The number of hydrogen-bond donors (Lipinski definition) is 2. The van der Waals surface area contributed by atoms with Crippen molar-refractivity contribution in [3.05, 3.63) is 59.7 Å². The van der Waals surface area contributed by atoms with Crippen molar-refractivity contribution in [1.82, 2.24) is 0 Å². The molecule has 0 radical (unpaired) electrons. The van der Waals surface area contributed by atoms with Crippen molar-refractivity contribution in [2.75, 3.05) is 29.9 Å². The number of aliphatic hydroxyl groups excluding tert-OH is 1. The monoisotopic (exact) mass is 282 g/mol. The van der Waals surface area contributed by atoms with Crippen LogP contribution in [0.3, 0.4) is 0 Å². The van der Waals surface area contributed by atoms with Gasteiger partial charge in [-0.2, -0.15) is 0 Å². The first kappa shape index (κ1) is 14.0. The van der Waals surface area contributed by atoms with Gasteiger partial charge in [-0.3, -0.25) is 0 Å². The molecule has 2 aromatic rings. The van der Waals surface area contributed by atoms with E-state index in [1.54, 1.807) is 0 Å². The number of aliphatic hydroxyl groups is 1. The first-order valence-corrected chi connectivity index (χ1v) is 7.63. The van der Waals surface area contributed by atoms with Crippen LogP contribution >= 0.6 is 0 Å². The van der Waals surface area contributed by atoms with Gasteiger partial charge in [0.05, 0.1) is 6.61 Å². The highest BCUT2D eigenvalue weighted by molar-refractivity contribution is 5.55. The van der Waals surface area contributed by atoms with Crippen molar-refractivity contribution < 1.29 is 5.11 Å². The third kappa shape index (κ3) is 3.37. The average molecular weight is 282 g/mol. The zero-order chi connectivity index (χ0) is 14.5. The molecule has 0 amide bonds. The molecular weight excluding hydrogens is 260 g/mol. The molecule has 0 saturated carbocycles. The molecule has 3 heteroatoms. The molecule has 0 atom stereocenters. The largest absolute Gasteiger partial charge is 0.392 e. The molecule has 0 saturated heterocycles. The fourth-order valence-corrected chi connectivity index (χ4v) is 2.96. The lowest BCUT2D eigenvalue weighted by molar-refractivity contribution is 0.282. The summed E-state index contributed by atoms with van der Waals surface area (Å²) in [7, 11) is 0. The highest BCUT2D eigenvalue weighted by Crippen LogP contribution is 2.26. The Morgan fingerprint density at radius 2 is 2.00 bits per heavy atom. The number of nitrogens with one attached hydrogen (secondary N) is 1. The molecule has 3 rings (SSSR count). The van der Waals surface area contributed by atoms with Crippen molar-refractivity contribution in [1.29, 1.82) is 0 Å². The van der Waals surface area contributed by atoms with Crippen LogP contribution < -0.4 is 10.2 Å². The fourth-order valence-electron chi connectivity index (χ4n) is 2.96. The summed E-state index contributed by atoms with van der Waals surface area (Å²) >= 11 is 0. The van der Waals surface area contributed by atoms with Crippen LogP contribution in [0.15, 0.2) is 48.5 Å².